The molecule has 3 aromatic rings. The number of carbonyl (C=O) groups excluding carboxylic acids is 2. The van der Waals surface area contributed by atoms with Crippen LogP contribution in [0.4, 0.5) is 0 Å². The number of nitrogens with zero attached hydrogens (tertiary/aromatic N) is 2. The lowest BCUT2D eigenvalue weighted by Crippen LogP contribution is -2.35. The van der Waals surface area contributed by atoms with Gasteiger partial charge in [-0.15, -0.1) is 0 Å². The van der Waals surface area contributed by atoms with Gasteiger partial charge in [0, 0.05) is 28.7 Å². The Bertz CT molecular complexity index is 1400. The molecule has 2 aromatic carbocycles. The summed E-state index contributed by atoms with van der Waals surface area (Å²) in [5.41, 5.74) is 3.79. The molecule has 0 unspecified atom stereocenters. The highest BCUT2D eigenvalue weighted by Gasteiger charge is 2.43. The second-order valence-corrected chi connectivity index (χ2v) is 9.73. The van der Waals surface area contributed by atoms with Gasteiger partial charge in [-0.1, -0.05) is 12.1 Å². The van der Waals surface area contributed by atoms with Crippen molar-refractivity contribution in [1.29, 1.82) is 0 Å². The predicted octanol–water partition coefficient (Wildman–Crippen LogP) is 3.45. The van der Waals surface area contributed by atoms with E-state index in [1.165, 1.54) is 26.4 Å². The zero-order valence-electron chi connectivity index (χ0n) is 19.0. The summed E-state index contributed by atoms with van der Waals surface area (Å²) in [7, 11) is -1.44. The first-order chi connectivity index (χ1) is 15.6. The fourth-order valence-corrected chi connectivity index (χ4v) is 5.71. The molecular weight excluding hydrogens is 444 g/mol. The Morgan fingerprint density at radius 3 is 2.27 bits per heavy atom. The molecule has 0 fully saturated rings. The maximum atomic E-state index is 13.2. The minimum Gasteiger partial charge on any atom is -0.493 e. The number of aromatic nitrogens is 1. The minimum absolute atomic E-state index is 0.0503. The topological polar surface area (TPSA) is 94.9 Å². The summed E-state index contributed by atoms with van der Waals surface area (Å²) in [6.07, 6.45) is 0. The summed E-state index contributed by atoms with van der Waals surface area (Å²) in [5, 5.41) is 0. The molecule has 4 rings (SSSR count). The molecule has 0 saturated heterocycles. The summed E-state index contributed by atoms with van der Waals surface area (Å²) in [5.74, 6) is -0.824. The second kappa shape index (κ2) is 8.08. The third-order valence-corrected chi connectivity index (χ3v) is 7.56. The normalized spacial score (nSPS) is 14.3. The fraction of sp³-hybridized carbons (Fsp3) is 0.250. The van der Waals surface area contributed by atoms with Crippen LogP contribution in [0.25, 0.3) is 5.69 Å². The molecule has 0 spiro atoms. The smallest absolute Gasteiger partial charge is 0.269 e. The number of sulfonamides is 1. The minimum atomic E-state index is -4.21. The van der Waals surface area contributed by atoms with Crippen molar-refractivity contribution in [2.45, 2.75) is 25.7 Å². The standard InChI is InChI=1S/C24H24N2O6S/c1-14-7-6-8-17(9-14)26-15(2)10-18(16(26)3)20(27)13-25-24(28)19-11-21(31-4)22(32-5)12-23(19)33(25,29)30/h6-12H,13H2,1-5H3. The monoisotopic (exact) mass is 468 g/mol. The van der Waals surface area contributed by atoms with E-state index in [1.807, 2.05) is 42.7 Å². The van der Waals surface area contributed by atoms with Crippen molar-refractivity contribution in [2.75, 3.05) is 20.8 Å². The number of amides is 1. The van der Waals surface area contributed by atoms with Gasteiger partial charge in [0.1, 0.15) is 11.4 Å². The first kappa shape index (κ1) is 22.6. The number of fused-ring (bicyclic) bond motifs is 1. The van der Waals surface area contributed by atoms with Crippen molar-refractivity contribution >= 4 is 21.7 Å². The van der Waals surface area contributed by atoms with E-state index in [0.717, 1.165) is 16.9 Å². The van der Waals surface area contributed by atoms with Crippen LogP contribution >= 0.6 is 0 Å². The number of carbonyl (C=O) groups is 2. The maximum absolute atomic E-state index is 13.2. The Morgan fingerprint density at radius 1 is 0.970 bits per heavy atom. The molecule has 0 aliphatic carbocycles. The van der Waals surface area contributed by atoms with Crippen LogP contribution in [0.1, 0.15) is 37.7 Å². The number of hydrogen-bond acceptors (Lipinski definition) is 6. The highest BCUT2D eigenvalue weighted by atomic mass is 32.2. The number of rotatable bonds is 6. The molecule has 1 amide bonds. The average molecular weight is 469 g/mol. The van der Waals surface area contributed by atoms with Gasteiger partial charge in [-0.25, -0.2) is 12.7 Å². The highest BCUT2D eigenvalue weighted by molar-refractivity contribution is 7.90. The van der Waals surface area contributed by atoms with Crippen LogP contribution in [-0.2, 0) is 10.0 Å². The van der Waals surface area contributed by atoms with Crippen LogP contribution in [0, 0.1) is 20.8 Å². The average Bonchev–Trinajstić information content (AvgIpc) is 3.17. The molecule has 2 heterocycles. The molecule has 172 valence electrons. The molecule has 1 aromatic heterocycles. The van der Waals surface area contributed by atoms with E-state index >= 15 is 0 Å². The molecule has 33 heavy (non-hydrogen) atoms. The number of ketones is 1. The summed E-state index contributed by atoms with van der Waals surface area (Å²) in [6.45, 7) is 5.05. The zero-order valence-corrected chi connectivity index (χ0v) is 19.8. The van der Waals surface area contributed by atoms with E-state index in [1.54, 1.807) is 13.0 Å². The Balaban J connectivity index is 1.70. The first-order valence-electron chi connectivity index (χ1n) is 10.2. The molecule has 9 heteroatoms. The van der Waals surface area contributed by atoms with E-state index < -0.39 is 28.3 Å². The van der Waals surface area contributed by atoms with Gasteiger partial charge < -0.3 is 14.0 Å². The van der Waals surface area contributed by atoms with Crippen LogP contribution in [0.2, 0.25) is 0 Å². The predicted molar refractivity (Wildman–Crippen MR) is 122 cm³/mol. The van der Waals surface area contributed by atoms with E-state index in [-0.39, 0.29) is 22.0 Å². The molecule has 1 aliphatic rings. The Kier molecular flexibility index (Phi) is 5.53. The van der Waals surface area contributed by atoms with Gasteiger partial charge in [-0.3, -0.25) is 9.59 Å². The lowest BCUT2D eigenvalue weighted by Gasteiger charge is -2.14. The van der Waals surface area contributed by atoms with Crippen LogP contribution in [-0.4, -0.2) is 49.7 Å². The number of methoxy groups -OCH3 is 2. The molecular formula is C24H24N2O6S. The third kappa shape index (κ3) is 3.58. The van der Waals surface area contributed by atoms with Crippen molar-refractivity contribution in [1.82, 2.24) is 8.87 Å². The summed E-state index contributed by atoms with van der Waals surface area (Å²) >= 11 is 0. The van der Waals surface area contributed by atoms with Crippen molar-refractivity contribution in [3.8, 4) is 17.2 Å². The van der Waals surface area contributed by atoms with Gasteiger partial charge in [0.2, 0.25) is 0 Å². The van der Waals surface area contributed by atoms with Crippen LogP contribution in [0.5, 0.6) is 11.5 Å². The molecule has 0 bridgehead atoms. The first-order valence-corrected chi connectivity index (χ1v) is 11.7. The molecule has 0 N–H and O–H groups in total. The third-order valence-electron chi connectivity index (χ3n) is 5.79. The van der Waals surface area contributed by atoms with E-state index in [0.29, 0.717) is 15.6 Å². The van der Waals surface area contributed by atoms with Gasteiger partial charge in [0.15, 0.2) is 17.3 Å². The quantitative estimate of drug-likeness (QED) is 0.515. The van der Waals surface area contributed by atoms with Gasteiger partial charge in [0.25, 0.3) is 15.9 Å². The summed E-state index contributed by atoms with van der Waals surface area (Å²) in [6, 6.07) is 12.1. The number of benzene rings is 2. The van der Waals surface area contributed by atoms with Gasteiger partial charge in [0.05, 0.1) is 19.8 Å². The second-order valence-electron chi connectivity index (χ2n) is 7.90. The van der Waals surface area contributed by atoms with Crippen LogP contribution in [0.15, 0.2) is 47.4 Å². The Morgan fingerprint density at radius 2 is 1.64 bits per heavy atom. The van der Waals surface area contributed by atoms with Crippen molar-refractivity contribution in [2.24, 2.45) is 0 Å². The van der Waals surface area contributed by atoms with E-state index in [4.69, 9.17) is 9.47 Å². The molecule has 0 atom stereocenters. The lowest BCUT2D eigenvalue weighted by atomic mass is 10.1. The number of Topliss-reactive ketones (excluding diaryl/α,β-unsaturated/α-hetero) is 1. The van der Waals surface area contributed by atoms with Gasteiger partial charge in [-0.2, -0.15) is 0 Å². The number of hydrogen-bond donors (Lipinski definition) is 0. The Hall–Kier alpha value is -3.59. The molecule has 0 saturated carbocycles. The summed E-state index contributed by atoms with van der Waals surface area (Å²) < 4.78 is 39.1. The maximum Gasteiger partial charge on any atom is 0.269 e. The number of ether oxygens (including phenoxy) is 2. The SMILES string of the molecule is COc1cc2c(cc1OC)S(=O)(=O)N(CC(=O)c1cc(C)n(-c3cccc(C)c3)c1C)C2=O. The lowest BCUT2D eigenvalue weighted by molar-refractivity contribution is 0.0820. The highest BCUT2D eigenvalue weighted by Crippen LogP contribution is 2.39. The van der Waals surface area contributed by atoms with Crippen LogP contribution < -0.4 is 9.47 Å². The van der Waals surface area contributed by atoms with Crippen molar-refractivity contribution < 1.29 is 27.5 Å². The molecule has 0 radical (unpaired) electrons. The Labute approximate surface area is 192 Å². The van der Waals surface area contributed by atoms with E-state index in [2.05, 4.69) is 0 Å². The van der Waals surface area contributed by atoms with Crippen molar-refractivity contribution in [3.05, 3.63) is 70.5 Å². The molecule has 1 aliphatic heterocycles. The van der Waals surface area contributed by atoms with E-state index in [9.17, 15) is 18.0 Å². The summed E-state index contributed by atoms with van der Waals surface area (Å²) in [4.78, 5) is 25.9. The van der Waals surface area contributed by atoms with Crippen molar-refractivity contribution in [3.63, 3.8) is 0 Å². The fourth-order valence-electron chi connectivity index (χ4n) is 4.18. The largest absolute Gasteiger partial charge is 0.493 e. The molecule has 8 nitrogen and oxygen atoms in total. The van der Waals surface area contributed by atoms with Gasteiger partial charge in [-0.05, 0) is 50.6 Å². The van der Waals surface area contributed by atoms with Crippen LogP contribution in [0.3, 0.4) is 0 Å². The number of aryl methyl sites for hydroxylation is 2. The van der Waals surface area contributed by atoms with Gasteiger partial charge >= 0.3 is 0 Å². The zero-order chi connectivity index (χ0) is 24.1.